The van der Waals surface area contributed by atoms with Gasteiger partial charge in [0.15, 0.2) is 0 Å². The lowest BCUT2D eigenvalue weighted by Crippen LogP contribution is -2.15. The van der Waals surface area contributed by atoms with Gasteiger partial charge in [0.05, 0.1) is 11.3 Å². The van der Waals surface area contributed by atoms with Crippen LogP contribution < -0.4 is 5.32 Å². The maximum absolute atomic E-state index is 13.5. The first-order chi connectivity index (χ1) is 8.41. The first-order valence-corrected chi connectivity index (χ1v) is 7.13. The Hall–Kier alpha value is -1.43. The SMILES string of the molecule is CC(CCNc1ccc(C(=O)O)cc1F)S(C)=O. The number of carboxylic acid groups (broad SMARTS) is 1. The highest BCUT2D eigenvalue weighted by molar-refractivity contribution is 7.84. The zero-order chi connectivity index (χ0) is 13.7. The molecule has 0 amide bonds. The maximum Gasteiger partial charge on any atom is 0.335 e. The zero-order valence-electron chi connectivity index (χ0n) is 10.3. The van der Waals surface area contributed by atoms with E-state index in [0.29, 0.717) is 13.0 Å². The molecule has 0 spiro atoms. The molecule has 0 bridgehead atoms. The summed E-state index contributed by atoms with van der Waals surface area (Å²) < 4.78 is 24.6. The van der Waals surface area contributed by atoms with Gasteiger partial charge in [-0.15, -0.1) is 0 Å². The average molecular weight is 273 g/mol. The molecule has 0 aliphatic heterocycles. The third-order valence-electron chi connectivity index (χ3n) is 2.65. The summed E-state index contributed by atoms with van der Waals surface area (Å²) in [7, 11) is -0.895. The van der Waals surface area contributed by atoms with Crippen LogP contribution in [-0.4, -0.2) is 33.3 Å². The van der Waals surface area contributed by atoms with Gasteiger partial charge in [-0.1, -0.05) is 6.92 Å². The topological polar surface area (TPSA) is 66.4 Å². The highest BCUT2D eigenvalue weighted by Gasteiger charge is 2.09. The van der Waals surface area contributed by atoms with E-state index in [1.54, 1.807) is 6.26 Å². The Balaban J connectivity index is 2.58. The van der Waals surface area contributed by atoms with Crippen molar-refractivity contribution in [3.63, 3.8) is 0 Å². The summed E-state index contributed by atoms with van der Waals surface area (Å²) >= 11 is 0. The molecule has 0 aliphatic carbocycles. The highest BCUT2D eigenvalue weighted by Crippen LogP contribution is 2.16. The van der Waals surface area contributed by atoms with Gasteiger partial charge in [-0.05, 0) is 24.6 Å². The van der Waals surface area contributed by atoms with Crippen LogP contribution >= 0.6 is 0 Å². The van der Waals surface area contributed by atoms with E-state index in [4.69, 9.17) is 5.11 Å². The van der Waals surface area contributed by atoms with E-state index in [1.165, 1.54) is 12.1 Å². The fourth-order valence-corrected chi connectivity index (χ4v) is 1.82. The number of halogens is 1. The summed E-state index contributed by atoms with van der Waals surface area (Å²) in [5, 5.41) is 11.6. The standard InChI is InChI=1S/C12H16FNO3S/c1-8(18(2)17)5-6-14-11-4-3-9(12(15)16)7-10(11)13/h3-4,7-8,14H,5-6H2,1-2H3,(H,15,16). The Morgan fingerprint density at radius 2 is 2.22 bits per heavy atom. The molecular weight excluding hydrogens is 257 g/mol. The Morgan fingerprint density at radius 1 is 1.56 bits per heavy atom. The molecule has 2 atom stereocenters. The summed E-state index contributed by atoms with van der Waals surface area (Å²) in [4.78, 5) is 10.6. The second-order valence-electron chi connectivity index (χ2n) is 4.02. The summed E-state index contributed by atoms with van der Waals surface area (Å²) in [5.74, 6) is -1.75. The smallest absolute Gasteiger partial charge is 0.335 e. The highest BCUT2D eigenvalue weighted by atomic mass is 32.2. The van der Waals surface area contributed by atoms with Crippen molar-refractivity contribution in [2.75, 3.05) is 18.1 Å². The Bertz CT molecular complexity index is 465. The van der Waals surface area contributed by atoms with Crippen LogP contribution in [0.1, 0.15) is 23.7 Å². The average Bonchev–Trinajstić information content (AvgIpc) is 2.30. The Labute approximate surface area is 108 Å². The van der Waals surface area contributed by atoms with Crippen molar-refractivity contribution in [3.8, 4) is 0 Å². The first-order valence-electron chi connectivity index (χ1n) is 5.50. The van der Waals surface area contributed by atoms with Gasteiger partial charge in [0.1, 0.15) is 5.82 Å². The minimum atomic E-state index is -1.16. The number of anilines is 1. The molecular formula is C12H16FNO3S. The quantitative estimate of drug-likeness (QED) is 0.833. The van der Waals surface area contributed by atoms with Crippen LogP contribution in [0.15, 0.2) is 18.2 Å². The van der Waals surface area contributed by atoms with Crippen LogP contribution in [0.3, 0.4) is 0 Å². The van der Waals surface area contributed by atoms with Gasteiger partial charge in [-0.3, -0.25) is 4.21 Å². The third-order valence-corrected chi connectivity index (χ3v) is 4.02. The fourth-order valence-electron chi connectivity index (χ4n) is 1.37. The van der Waals surface area contributed by atoms with Crippen molar-refractivity contribution in [1.29, 1.82) is 0 Å². The number of benzene rings is 1. The van der Waals surface area contributed by atoms with Crippen LogP contribution in [0.25, 0.3) is 0 Å². The summed E-state index contributed by atoms with van der Waals surface area (Å²) in [6, 6.07) is 3.72. The van der Waals surface area contributed by atoms with E-state index in [1.807, 2.05) is 6.92 Å². The number of nitrogens with one attached hydrogen (secondary N) is 1. The van der Waals surface area contributed by atoms with Crippen LogP contribution in [0.2, 0.25) is 0 Å². The number of hydrogen-bond donors (Lipinski definition) is 2. The third kappa shape index (κ3) is 4.10. The monoisotopic (exact) mass is 273 g/mol. The zero-order valence-corrected chi connectivity index (χ0v) is 11.1. The molecule has 0 saturated carbocycles. The van der Waals surface area contributed by atoms with Gasteiger partial charge in [0, 0.05) is 28.9 Å². The largest absolute Gasteiger partial charge is 0.478 e. The molecule has 0 aliphatic rings. The molecule has 1 rings (SSSR count). The lowest BCUT2D eigenvalue weighted by atomic mass is 10.2. The van der Waals surface area contributed by atoms with Gasteiger partial charge >= 0.3 is 5.97 Å². The molecule has 100 valence electrons. The molecule has 2 N–H and O–H groups in total. The summed E-state index contributed by atoms with van der Waals surface area (Å²) in [5.41, 5.74) is 0.176. The van der Waals surface area contributed by atoms with Crippen molar-refractivity contribution < 1.29 is 18.5 Å². The molecule has 0 radical (unpaired) electrons. The first kappa shape index (κ1) is 14.6. The number of hydrogen-bond acceptors (Lipinski definition) is 3. The van der Waals surface area contributed by atoms with Gasteiger partial charge in [0.2, 0.25) is 0 Å². The molecule has 0 heterocycles. The Morgan fingerprint density at radius 3 is 2.72 bits per heavy atom. The maximum atomic E-state index is 13.5. The van der Waals surface area contributed by atoms with Crippen molar-refractivity contribution in [3.05, 3.63) is 29.6 Å². The second-order valence-corrected chi connectivity index (χ2v) is 5.83. The minimum Gasteiger partial charge on any atom is -0.478 e. The molecule has 0 fully saturated rings. The molecule has 0 saturated heterocycles. The van der Waals surface area contributed by atoms with Crippen molar-refractivity contribution in [2.24, 2.45) is 0 Å². The molecule has 2 unspecified atom stereocenters. The number of carbonyl (C=O) groups is 1. The van der Waals surface area contributed by atoms with E-state index < -0.39 is 22.6 Å². The Kier molecular flexibility index (Phi) is 5.27. The number of aromatic carboxylic acids is 1. The second kappa shape index (κ2) is 6.49. The van der Waals surface area contributed by atoms with Gasteiger partial charge in [0.25, 0.3) is 0 Å². The van der Waals surface area contributed by atoms with Gasteiger partial charge in [-0.25, -0.2) is 9.18 Å². The molecule has 0 aromatic heterocycles. The van der Waals surface area contributed by atoms with E-state index >= 15 is 0 Å². The normalized spacial score (nSPS) is 13.9. The predicted molar refractivity (Wildman–Crippen MR) is 70.0 cm³/mol. The molecule has 4 nitrogen and oxygen atoms in total. The van der Waals surface area contributed by atoms with E-state index in [-0.39, 0.29) is 16.5 Å². The number of rotatable bonds is 6. The van der Waals surface area contributed by atoms with E-state index in [0.717, 1.165) is 6.07 Å². The number of carboxylic acids is 1. The molecule has 18 heavy (non-hydrogen) atoms. The molecule has 1 aromatic rings. The van der Waals surface area contributed by atoms with E-state index in [9.17, 15) is 13.4 Å². The molecule has 1 aromatic carbocycles. The lowest BCUT2D eigenvalue weighted by molar-refractivity contribution is 0.0696. The van der Waals surface area contributed by atoms with E-state index in [2.05, 4.69) is 5.32 Å². The van der Waals surface area contributed by atoms with Crippen LogP contribution in [0, 0.1) is 5.82 Å². The van der Waals surface area contributed by atoms with Crippen molar-refractivity contribution in [1.82, 2.24) is 0 Å². The van der Waals surface area contributed by atoms with Gasteiger partial charge in [-0.2, -0.15) is 0 Å². The van der Waals surface area contributed by atoms with Gasteiger partial charge < -0.3 is 10.4 Å². The van der Waals surface area contributed by atoms with Crippen LogP contribution in [0.4, 0.5) is 10.1 Å². The predicted octanol–water partition coefficient (Wildman–Crippen LogP) is 2.09. The minimum absolute atomic E-state index is 0.0406. The summed E-state index contributed by atoms with van der Waals surface area (Å²) in [6.07, 6.45) is 2.29. The van der Waals surface area contributed by atoms with Crippen molar-refractivity contribution >= 4 is 22.5 Å². The lowest BCUT2D eigenvalue weighted by Gasteiger charge is -2.11. The summed E-state index contributed by atoms with van der Waals surface area (Å²) in [6.45, 7) is 2.35. The molecule has 6 heteroatoms. The fraction of sp³-hybridized carbons (Fsp3) is 0.417. The van der Waals surface area contributed by atoms with Crippen molar-refractivity contribution in [2.45, 2.75) is 18.6 Å². The van der Waals surface area contributed by atoms with Crippen LogP contribution in [0.5, 0.6) is 0 Å². The van der Waals surface area contributed by atoms with Crippen LogP contribution in [-0.2, 0) is 10.8 Å².